The molecule has 3 rings (SSSR count). The third-order valence-corrected chi connectivity index (χ3v) is 4.84. The SMILES string of the molecule is COc1cccc(CC[C@@]23C=C[C@@H](O2)[C@H](CO)[C@@H]3CO)c1. The van der Waals surface area contributed by atoms with Crippen LogP contribution in [-0.2, 0) is 11.2 Å². The average molecular weight is 290 g/mol. The van der Waals surface area contributed by atoms with Crippen LogP contribution in [0.15, 0.2) is 36.4 Å². The monoisotopic (exact) mass is 290 g/mol. The highest BCUT2D eigenvalue weighted by Gasteiger charge is 2.55. The molecule has 0 spiro atoms. The summed E-state index contributed by atoms with van der Waals surface area (Å²) in [5.74, 6) is 0.831. The average Bonchev–Trinajstić information content (AvgIpc) is 3.08. The van der Waals surface area contributed by atoms with Crippen LogP contribution >= 0.6 is 0 Å². The summed E-state index contributed by atoms with van der Waals surface area (Å²) in [6.45, 7) is 0.103. The minimum Gasteiger partial charge on any atom is -0.497 e. The zero-order valence-corrected chi connectivity index (χ0v) is 12.2. The van der Waals surface area contributed by atoms with Gasteiger partial charge in [0.25, 0.3) is 0 Å². The van der Waals surface area contributed by atoms with Crippen molar-refractivity contribution in [2.45, 2.75) is 24.5 Å². The van der Waals surface area contributed by atoms with Gasteiger partial charge in [-0.2, -0.15) is 0 Å². The van der Waals surface area contributed by atoms with Gasteiger partial charge in [-0.1, -0.05) is 24.3 Å². The van der Waals surface area contributed by atoms with Gasteiger partial charge in [0.15, 0.2) is 0 Å². The maximum Gasteiger partial charge on any atom is 0.119 e. The second-order valence-corrected chi connectivity index (χ2v) is 5.88. The molecule has 4 heteroatoms. The summed E-state index contributed by atoms with van der Waals surface area (Å²) in [7, 11) is 1.66. The lowest BCUT2D eigenvalue weighted by Gasteiger charge is -2.32. The molecule has 1 aromatic rings. The molecule has 0 radical (unpaired) electrons. The lowest BCUT2D eigenvalue weighted by molar-refractivity contribution is -0.00549. The number of benzene rings is 1. The second kappa shape index (κ2) is 5.79. The van der Waals surface area contributed by atoms with Crippen molar-refractivity contribution in [2.75, 3.05) is 20.3 Å². The molecule has 1 fully saturated rings. The molecule has 4 atom stereocenters. The first-order valence-corrected chi connectivity index (χ1v) is 7.44. The van der Waals surface area contributed by atoms with Gasteiger partial charge < -0.3 is 19.7 Å². The van der Waals surface area contributed by atoms with Crippen molar-refractivity contribution in [3.63, 3.8) is 0 Å². The number of aryl methyl sites for hydroxylation is 1. The Morgan fingerprint density at radius 1 is 1.29 bits per heavy atom. The number of aliphatic hydroxyl groups excluding tert-OH is 2. The summed E-state index contributed by atoms with van der Waals surface area (Å²) < 4.78 is 11.3. The highest BCUT2D eigenvalue weighted by molar-refractivity contribution is 5.30. The summed E-state index contributed by atoms with van der Waals surface area (Å²) >= 11 is 0. The summed E-state index contributed by atoms with van der Waals surface area (Å²) in [4.78, 5) is 0. The fourth-order valence-electron chi connectivity index (χ4n) is 3.64. The first-order chi connectivity index (χ1) is 10.2. The molecule has 4 nitrogen and oxygen atoms in total. The molecule has 0 aliphatic carbocycles. The van der Waals surface area contributed by atoms with E-state index in [-0.39, 0.29) is 31.2 Å². The van der Waals surface area contributed by atoms with Gasteiger partial charge in [-0.05, 0) is 30.5 Å². The molecule has 0 unspecified atom stereocenters. The van der Waals surface area contributed by atoms with E-state index in [9.17, 15) is 10.2 Å². The van der Waals surface area contributed by atoms with Crippen LogP contribution in [0.3, 0.4) is 0 Å². The molecular weight excluding hydrogens is 268 g/mol. The van der Waals surface area contributed by atoms with Crippen molar-refractivity contribution in [2.24, 2.45) is 11.8 Å². The number of ether oxygens (including phenoxy) is 2. The van der Waals surface area contributed by atoms with Gasteiger partial charge >= 0.3 is 0 Å². The predicted octanol–water partition coefficient (Wildman–Crippen LogP) is 1.55. The van der Waals surface area contributed by atoms with E-state index in [1.54, 1.807) is 7.11 Å². The Morgan fingerprint density at radius 2 is 2.14 bits per heavy atom. The number of aliphatic hydroxyl groups is 2. The normalized spacial score (nSPS) is 33.6. The van der Waals surface area contributed by atoms with E-state index in [4.69, 9.17) is 9.47 Å². The standard InChI is InChI=1S/C17H22O4/c1-20-13-4-2-3-12(9-13)5-7-17-8-6-16(21-17)14(10-18)15(17)11-19/h2-4,6,8-9,14-16,18-19H,5,7,10-11H2,1H3/t14-,15+,16-,17+/m1/s1. The molecule has 114 valence electrons. The Morgan fingerprint density at radius 3 is 2.86 bits per heavy atom. The summed E-state index contributed by atoms with van der Waals surface area (Å²) in [6, 6.07) is 8.01. The van der Waals surface area contributed by atoms with Gasteiger partial charge in [-0.25, -0.2) is 0 Å². The van der Waals surface area contributed by atoms with E-state index in [1.165, 1.54) is 5.56 Å². The maximum absolute atomic E-state index is 9.69. The van der Waals surface area contributed by atoms with Crippen molar-refractivity contribution < 1.29 is 19.7 Å². The Balaban J connectivity index is 1.73. The topological polar surface area (TPSA) is 58.9 Å². The molecule has 0 saturated carbocycles. The molecule has 21 heavy (non-hydrogen) atoms. The first kappa shape index (κ1) is 14.6. The third-order valence-electron chi connectivity index (χ3n) is 4.84. The van der Waals surface area contributed by atoms with Crippen LogP contribution in [0.25, 0.3) is 0 Å². The molecule has 1 saturated heterocycles. The van der Waals surface area contributed by atoms with Crippen LogP contribution in [0, 0.1) is 11.8 Å². The van der Waals surface area contributed by atoms with Crippen LogP contribution in [0.5, 0.6) is 5.75 Å². The minimum absolute atomic E-state index is 0.00492. The highest BCUT2D eigenvalue weighted by Crippen LogP contribution is 2.49. The van der Waals surface area contributed by atoms with Crippen LogP contribution in [0.2, 0.25) is 0 Å². The smallest absolute Gasteiger partial charge is 0.119 e. The van der Waals surface area contributed by atoms with Crippen LogP contribution < -0.4 is 4.74 Å². The van der Waals surface area contributed by atoms with E-state index in [2.05, 4.69) is 12.1 Å². The Kier molecular flexibility index (Phi) is 4.02. The second-order valence-electron chi connectivity index (χ2n) is 5.88. The summed E-state index contributed by atoms with van der Waals surface area (Å²) in [5.41, 5.74) is 0.754. The van der Waals surface area contributed by atoms with Crippen LogP contribution in [0.4, 0.5) is 0 Å². The Labute approximate surface area is 125 Å². The van der Waals surface area contributed by atoms with Crippen molar-refractivity contribution >= 4 is 0 Å². The van der Waals surface area contributed by atoms with E-state index < -0.39 is 5.60 Å². The van der Waals surface area contributed by atoms with Gasteiger partial charge in [0.1, 0.15) is 5.75 Å². The van der Waals surface area contributed by atoms with Crippen LogP contribution in [0.1, 0.15) is 12.0 Å². The molecule has 1 aromatic carbocycles. The fourth-order valence-corrected chi connectivity index (χ4v) is 3.64. The first-order valence-electron chi connectivity index (χ1n) is 7.44. The predicted molar refractivity (Wildman–Crippen MR) is 79.2 cm³/mol. The largest absolute Gasteiger partial charge is 0.497 e. The van der Waals surface area contributed by atoms with Gasteiger partial charge in [0.05, 0.1) is 18.8 Å². The lowest BCUT2D eigenvalue weighted by atomic mass is 9.74. The third kappa shape index (κ3) is 2.48. The summed E-state index contributed by atoms with van der Waals surface area (Å²) in [5, 5.41) is 19.2. The van der Waals surface area contributed by atoms with Crippen molar-refractivity contribution in [1.29, 1.82) is 0 Å². The zero-order valence-electron chi connectivity index (χ0n) is 12.2. The Bertz CT molecular complexity index is 527. The molecule has 2 heterocycles. The quantitative estimate of drug-likeness (QED) is 0.781. The molecule has 2 bridgehead atoms. The number of hydrogen-bond acceptors (Lipinski definition) is 4. The maximum atomic E-state index is 9.69. The highest BCUT2D eigenvalue weighted by atomic mass is 16.5. The van der Waals surface area contributed by atoms with Gasteiger partial charge in [-0.3, -0.25) is 0 Å². The van der Waals surface area contributed by atoms with E-state index in [0.717, 1.165) is 18.6 Å². The molecule has 2 aliphatic rings. The molecular formula is C17H22O4. The minimum atomic E-state index is -0.435. The molecule has 0 aromatic heterocycles. The number of methoxy groups -OCH3 is 1. The van der Waals surface area contributed by atoms with E-state index in [1.807, 2.05) is 24.3 Å². The van der Waals surface area contributed by atoms with Gasteiger partial charge in [0.2, 0.25) is 0 Å². The number of hydrogen-bond donors (Lipinski definition) is 2. The zero-order chi connectivity index (χ0) is 14.9. The van der Waals surface area contributed by atoms with Crippen molar-refractivity contribution in [3.8, 4) is 5.75 Å². The number of rotatable bonds is 6. The molecule has 0 amide bonds. The van der Waals surface area contributed by atoms with Gasteiger partial charge in [0, 0.05) is 25.0 Å². The van der Waals surface area contributed by atoms with Crippen molar-refractivity contribution in [3.05, 3.63) is 42.0 Å². The number of fused-ring (bicyclic) bond motifs is 2. The van der Waals surface area contributed by atoms with Crippen molar-refractivity contribution in [1.82, 2.24) is 0 Å². The van der Waals surface area contributed by atoms with E-state index >= 15 is 0 Å². The molecule has 2 aliphatic heterocycles. The molecule has 2 N–H and O–H groups in total. The van der Waals surface area contributed by atoms with Crippen LogP contribution in [-0.4, -0.2) is 42.2 Å². The lowest BCUT2D eigenvalue weighted by Crippen LogP contribution is -2.39. The van der Waals surface area contributed by atoms with Gasteiger partial charge in [-0.15, -0.1) is 0 Å². The summed E-state index contributed by atoms with van der Waals surface area (Å²) in [6.07, 6.45) is 5.69. The fraction of sp³-hybridized carbons (Fsp3) is 0.529. The van der Waals surface area contributed by atoms with E-state index in [0.29, 0.717) is 0 Å². The Hall–Kier alpha value is -1.36.